The summed E-state index contributed by atoms with van der Waals surface area (Å²) in [5.41, 5.74) is 5.69. The van der Waals surface area contributed by atoms with Crippen molar-refractivity contribution in [3.8, 4) is 0 Å². The number of piperidine rings is 1. The van der Waals surface area contributed by atoms with Crippen molar-refractivity contribution in [3.63, 3.8) is 0 Å². The molecular weight excluding hydrogens is 375 g/mol. The van der Waals surface area contributed by atoms with Gasteiger partial charge in [0.25, 0.3) is 0 Å². The predicted molar refractivity (Wildman–Crippen MR) is 96.9 cm³/mol. The Hall–Kier alpha value is -0.930. The summed E-state index contributed by atoms with van der Waals surface area (Å²) in [4.78, 5) is 17.9. The number of halogens is 2. The average molecular weight is 399 g/mol. The van der Waals surface area contributed by atoms with Gasteiger partial charge in [-0.3, -0.25) is 9.78 Å². The number of rotatable bonds is 6. The summed E-state index contributed by atoms with van der Waals surface area (Å²) in [7, 11) is -3.61. The van der Waals surface area contributed by atoms with Gasteiger partial charge in [0.2, 0.25) is 15.9 Å². The molecule has 1 aliphatic rings. The minimum Gasteiger partial charge on any atom is -0.338 e. The smallest absolute Gasteiger partial charge is 0.242 e. The minimum atomic E-state index is -3.61. The predicted octanol–water partition coefficient (Wildman–Crippen LogP) is 0.933. The largest absolute Gasteiger partial charge is 0.338 e. The lowest BCUT2D eigenvalue weighted by Gasteiger charge is -2.35. The van der Waals surface area contributed by atoms with E-state index in [-0.39, 0.29) is 54.6 Å². The van der Waals surface area contributed by atoms with Gasteiger partial charge < -0.3 is 10.6 Å². The second-order valence-electron chi connectivity index (χ2n) is 5.31. The lowest BCUT2D eigenvalue weighted by Crippen LogP contribution is -2.48. The molecule has 24 heavy (non-hydrogen) atoms. The molecule has 1 aromatic rings. The van der Waals surface area contributed by atoms with Crippen LogP contribution >= 0.6 is 24.8 Å². The van der Waals surface area contributed by atoms with Crippen molar-refractivity contribution in [1.29, 1.82) is 0 Å². The molecule has 2 rings (SSSR count). The van der Waals surface area contributed by atoms with Gasteiger partial charge in [-0.25, -0.2) is 13.1 Å². The van der Waals surface area contributed by atoms with Gasteiger partial charge in [0.05, 0.1) is 0 Å². The third kappa shape index (κ3) is 6.18. The van der Waals surface area contributed by atoms with Crippen LogP contribution in [0.15, 0.2) is 29.4 Å². The Bertz CT molecular complexity index is 601. The molecule has 138 valence electrons. The molecule has 2 heterocycles. The van der Waals surface area contributed by atoms with Crippen LogP contribution in [-0.4, -0.2) is 49.9 Å². The van der Waals surface area contributed by atoms with Crippen LogP contribution in [0.2, 0.25) is 0 Å². The van der Waals surface area contributed by atoms with E-state index in [1.165, 1.54) is 18.5 Å². The van der Waals surface area contributed by atoms with Crippen molar-refractivity contribution < 1.29 is 13.2 Å². The lowest BCUT2D eigenvalue weighted by atomic mass is 10.0. The highest BCUT2D eigenvalue weighted by Gasteiger charge is 2.25. The van der Waals surface area contributed by atoms with Gasteiger partial charge in [-0.05, 0) is 31.4 Å². The number of pyridine rings is 1. The van der Waals surface area contributed by atoms with Crippen LogP contribution in [0.4, 0.5) is 0 Å². The fourth-order valence-electron chi connectivity index (χ4n) is 2.60. The van der Waals surface area contributed by atoms with Crippen LogP contribution in [-0.2, 0) is 14.8 Å². The molecule has 1 amide bonds. The fourth-order valence-corrected chi connectivity index (χ4v) is 3.59. The molecule has 1 aromatic heterocycles. The molecule has 1 atom stereocenters. The molecule has 7 nitrogen and oxygen atoms in total. The van der Waals surface area contributed by atoms with Crippen LogP contribution in [0.3, 0.4) is 0 Å². The first-order chi connectivity index (χ1) is 10.5. The first-order valence-electron chi connectivity index (χ1n) is 7.44. The number of nitrogens with one attached hydrogen (secondary N) is 1. The molecule has 0 bridgehead atoms. The zero-order valence-electron chi connectivity index (χ0n) is 13.3. The van der Waals surface area contributed by atoms with Crippen molar-refractivity contribution in [2.45, 2.75) is 36.6 Å². The molecule has 0 spiro atoms. The zero-order chi connectivity index (χ0) is 16.0. The van der Waals surface area contributed by atoms with Gasteiger partial charge in [-0.15, -0.1) is 24.8 Å². The molecule has 0 aromatic carbocycles. The average Bonchev–Trinajstić information content (AvgIpc) is 2.55. The molecule has 0 aliphatic carbocycles. The number of hydrogen-bond donors (Lipinski definition) is 2. The maximum atomic E-state index is 12.2. The summed E-state index contributed by atoms with van der Waals surface area (Å²) in [5.74, 6) is -0.0518. The van der Waals surface area contributed by atoms with Gasteiger partial charge in [-0.2, -0.15) is 0 Å². The quantitative estimate of drug-likeness (QED) is 0.741. The van der Waals surface area contributed by atoms with Crippen LogP contribution in [0.1, 0.15) is 25.7 Å². The topological polar surface area (TPSA) is 105 Å². The highest BCUT2D eigenvalue weighted by atomic mass is 35.5. The van der Waals surface area contributed by atoms with Crippen LogP contribution in [0, 0.1) is 0 Å². The fraction of sp³-hybridized carbons (Fsp3) is 0.571. The number of nitrogens with two attached hydrogens (primary N) is 1. The van der Waals surface area contributed by atoms with E-state index in [0.29, 0.717) is 13.1 Å². The van der Waals surface area contributed by atoms with Crippen LogP contribution in [0.25, 0.3) is 0 Å². The van der Waals surface area contributed by atoms with Crippen LogP contribution < -0.4 is 10.5 Å². The number of likely N-dealkylation sites (tertiary alicyclic amines) is 1. The molecule has 1 unspecified atom stereocenters. The molecule has 10 heteroatoms. The minimum absolute atomic E-state index is 0. The molecule has 0 radical (unpaired) electrons. The third-order valence-corrected chi connectivity index (χ3v) is 5.24. The SMILES string of the molecule is Cl.Cl.NCC1CCCCN1C(=O)CCNS(=O)(=O)c1cccnc1. The van der Waals surface area contributed by atoms with E-state index in [1.54, 1.807) is 11.0 Å². The molecular formula is C14H24Cl2N4O3S. The summed E-state index contributed by atoms with van der Waals surface area (Å²) in [6.45, 7) is 1.23. The first kappa shape index (κ1) is 23.1. The number of sulfonamides is 1. The number of nitrogens with zero attached hydrogens (tertiary/aromatic N) is 2. The summed E-state index contributed by atoms with van der Waals surface area (Å²) in [5, 5.41) is 0. The molecule has 3 N–H and O–H groups in total. The van der Waals surface area contributed by atoms with E-state index < -0.39 is 10.0 Å². The van der Waals surface area contributed by atoms with Crippen molar-refractivity contribution >= 4 is 40.7 Å². The molecule has 1 fully saturated rings. The summed E-state index contributed by atoms with van der Waals surface area (Å²) < 4.78 is 26.5. The Kier molecular flexibility index (Phi) is 10.4. The van der Waals surface area contributed by atoms with Crippen LogP contribution in [0.5, 0.6) is 0 Å². The monoisotopic (exact) mass is 398 g/mol. The summed E-state index contributed by atoms with van der Waals surface area (Å²) in [6.07, 6.45) is 5.90. The Morgan fingerprint density at radius 3 is 2.75 bits per heavy atom. The van der Waals surface area contributed by atoms with Crippen molar-refractivity contribution in [1.82, 2.24) is 14.6 Å². The van der Waals surface area contributed by atoms with Gasteiger partial charge in [-0.1, -0.05) is 0 Å². The maximum absolute atomic E-state index is 12.2. The van der Waals surface area contributed by atoms with E-state index >= 15 is 0 Å². The van der Waals surface area contributed by atoms with E-state index in [2.05, 4.69) is 9.71 Å². The molecule has 1 saturated heterocycles. The Morgan fingerprint density at radius 1 is 1.38 bits per heavy atom. The number of hydrogen-bond acceptors (Lipinski definition) is 5. The number of aromatic nitrogens is 1. The zero-order valence-corrected chi connectivity index (χ0v) is 15.7. The Morgan fingerprint density at radius 2 is 2.12 bits per heavy atom. The van der Waals surface area contributed by atoms with Gasteiger partial charge in [0, 0.05) is 44.5 Å². The van der Waals surface area contributed by atoms with Crippen molar-refractivity contribution in [3.05, 3.63) is 24.5 Å². The Labute approximate surface area is 155 Å². The number of carbonyl (C=O) groups excluding carboxylic acids is 1. The number of amides is 1. The first-order valence-corrected chi connectivity index (χ1v) is 8.92. The second kappa shape index (κ2) is 10.8. The normalized spacial score (nSPS) is 17.5. The Balaban J connectivity index is 0.00000264. The van der Waals surface area contributed by atoms with E-state index in [4.69, 9.17) is 5.73 Å². The van der Waals surface area contributed by atoms with Gasteiger partial charge in [0.15, 0.2) is 0 Å². The standard InChI is InChI=1S/C14H22N4O3S.2ClH/c15-10-12-4-1-2-9-18(12)14(19)6-8-17-22(20,21)13-5-3-7-16-11-13;;/h3,5,7,11-12,17H,1-2,4,6,8-10,15H2;2*1H. The van der Waals surface area contributed by atoms with E-state index in [1.807, 2.05) is 0 Å². The van der Waals surface area contributed by atoms with E-state index in [0.717, 1.165) is 19.3 Å². The van der Waals surface area contributed by atoms with Gasteiger partial charge in [0.1, 0.15) is 4.90 Å². The molecule has 1 aliphatic heterocycles. The number of carbonyl (C=O) groups is 1. The lowest BCUT2D eigenvalue weighted by molar-refractivity contribution is -0.134. The van der Waals surface area contributed by atoms with E-state index in [9.17, 15) is 13.2 Å². The van der Waals surface area contributed by atoms with Crippen molar-refractivity contribution in [2.75, 3.05) is 19.6 Å². The maximum Gasteiger partial charge on any atom is 0.242 e. The second-order valence-corrected chi connectivity index (χ2v) is 7.08. The summed E-state index contributed by atoms with van der Waals surface area (Å²) in [6, 6.07) is 3.10. The highest BCUT2D eigenvalue weighted by molar-refractivity contribution is 7.89. The highest BCUT2D eigenvalue weighted by Crippen LogP contribution is 2.17. The summed E-state index contributed by atoms with van der Waals surface area (Å²) >= 11 is 0. The third-order valence-electron chi connectivity index (χ3n) is 3.80. The van der Waals surface area contributed by atoms with Crippen molar-refractivity contribution in [2.24, 2.45) is 5.73 Å². The van der Waals surface area contributed by atoms with Gasteiger partial charge >= 0.3 is 0 Å². The molecule has 0 saturated carbocycles.